The van der Waals surface area contributed by atoms with Gasteiger partial charge < -0.3 is 9.05 Å². The predicted octanol–water partition coefficient (Wildman–Crippen LogP) is 4.94. The summed E-state index contributed by atoms with van der Waals surface area (Å²) in [5.41, 5.74) is 0.0626. The first-order valence-electron chi connectivity index (χ1n) is 7.35. The van der Waals surface area contributed by atoms with Crippen LogP contribution in [0.1, 0.15) is 60.8 Å². The molecule has 0 unspecified atom stereocenters. The Morgan fingerprint density at radius 1 is 1.10 bits per heavy atom. The number of carbonyl (C=O) groups excluding carboxylic acids is 1. The van der Waals surface area contributed by atoms with E-state index in [0.717, 1.165) is 12.8 Å². The molecule has 0 aromatic rings. The molecular formula is C15H29O4P. The van der Waals surface area contributed by atoms with Gasteiger partial charge in [-0.05, 0) is 26.7 Å². The zero-order chi connectivity index (χ0) is 15.8. The van der Waals surface area contributed by atoms with Crippen molar-refractivity contribution in [2.45, 2.75) is 60.8 Å². The molecule has 0 aromatic heterocycles. The van der Waals surface area contributed by atoms with Crippen molar-refractivity contribution in [2.24, 2.45) is 5.41 Å². The van der Waals surface area contributed by atoms with Crippen LogP contribution in [0.3, 0.4) is 0 Å². The number of allylic oxidation sites excluding steroid dienone is 1. The molecule has 0 rings (SSSR count). The van der Waals surface area contributed by atoms with Crippen LogP contribution in [0.15, 0.2) is 11.4 Å². The third-order valence-electron chi connectivity index (χ3n) is 2.70. The number of unbranched alkanes of at least 4 members (excludes halogenated alkanes) is 1. The lowest BCUT2D eigenvalue weighted by molar-refractivity contribution is -0.122. The molecule has 0 radical (unpaired) electrons. The van der Waals surface area contributed by atoms with Crippen LogP contribution in [-0.4, -0.2) is 19.0 Å². The third kappa shape index (κ3) is 6.83. The molecule has 0 bridgehead atoms. The maximum Gasteiger partial charge on any atom is 0.354 e. The van der Waals surface area contributed by atoms with E-state index in [1.54, 1.807) is 13.8 Å². The smallest absolute Gasteiger partial charge is 0.306 e. The van der Waals surface area contributed by atoms with Gasteiger partial charge in [0.05, 0.1) is 13.2 Å². The van der Waals surface area contributed by atoms with Crippen molar-refractivity contribution in [2.75, 3.05) is 13.2 Å². The molecule has 0 aromatic carbocycles. The van der Waals surface area contributed by atoms with Crippen LogP contribution in [0, 0.1) is 5.41 Å². The van der Waals surface area contributed by atoms with E-state index in [-0.39, 0.29) is 5.78 Å². The van der Waals surface area contributed by atoms with E-state index in [2.05, 4.69) is 6.92 Å². The molecule has 118 valence electrons. The Kier molecular flexibility index (Phi) is 8.57. The quantitative estimate of drug-likeness (QED) is 0.447. The zero-order valence-electron chi connectivity index (χ0n) is 13.7. The largest absolute Gasteiger partial charge is 0.354 e. The molecule has 5 heteroatoms. The van der Waals surface area contributed by atoms with Gasteiger partial charge in [-0.1, -0.05) is 34.1 Å². The van der Waals surface area contributed by atoms with Crippen LogP contribution in [0.2, 0.25) is 0 Å². The first-order chi connectivity index (χ1) is 9.20. The number of carbonyl (C=O) groups is 1. The summed E-state index contributed by atoms with van der Waals surface area (Å²) >= 11 is 0. The average Bonchev–Trinajstić information content (AvgIpc) is 2.33. The standard InChI is InChI=1S/C15H29O4P/c1-7-10-11-13(14(16)15(4,5)6)12-20(17,18-8-2)19-9-3/h12H,7-11H2,1-6H3/b13-12+. The van der Waals surface area contributed by atoms with Gasteiger partial charge in [-0.2, -0.15) is 0 Å². The summed E-state index contributed by atoms with van der Waals surface area (Å²) in [4.78, 5) is 12.5. The minimum atomic E-state index is -3.32. The van der Waals surface area contributed by atoms with Gasteiger partial charge >= 0.3 is 7.60 Å². The predicted molar refractivity (Wildman–Crippen MR) is 82.9 cm³/mol. The van der Waals surface area contributed by atoms with E-state index in [4.69, 9.17) is 9.05 Å². The minimum Gasteiger partial charge on any atom is -0.306 e. The van der Waals surface area contributed by atoms with Crippen molar-refractivity contribution in [3.63, 3.8) is 0 Å². The second kappa shape index (κ2) is 8.76. The Balaban J connectivity index is 5.41. The van der Waals surface area contributed by atoms with Gasteiger partial charge in [-0.25, -0.2) is 0 Å². The van der Waals surface area contributed by atoms with Crippen LogP contribution in [-0.2, 0) is 18.4 Å². The lowest BCUT2D eigenvalue weighted by Gasteiger charge is -2.21. The molecule has 0 aliphatic heterocycles. The number of hydrogen-bond donors (Lipinski definition) is 0. The Hall–Kier alpha value is -0.440. The number of rotatable bonds is 9. The zero-order valence-corrected chi connectivity index (χ0v) is 14.6. The fraction of sp³-hybridized carbons (Fsp3) is 0.800. The van der Waals surface area contributed by atoms with Crippen LogP contribution >= 0.6 is 7.60 Å². The molecule has 0 heterocycles. The monoisotopic (exact) mass is 304 g/mol. The molecular weight excluding hydrogens is 275 g/mol. The van der Waals surface area contributed by atoms with Crippen LogP contribution in [0.4, 0.5) is 0 Å². The summed E-state index contributed by atoms with van der Waals surface area (Å²) in [5, 5.41) is 0. The maximum atomic E-state index is 12.5. The molecule has 0 aliphatic rings. The second-order valence-corrected chi connectivity index (χ2v) is 7.57. The van der Waals surface area contributed by atoms with Gasteiger partial charge in [0.15, 0.2) is 5.78 Å². The van der Waals surface area contributed by atoms with Gasteiger partial charge in [0, 0.05) is 16.8 Å². The highest BCUT2D eigenvalue weighted by Gasteiger charge is 2.29. The number of Topliss-reactive ketones (excluding diaryl/α,β-unsaturated/α-hetero) is 1. The molecule has 0 atom stereocenters. The fourth-order valence-corrected chi connectivity index (χ4v) is 3.32. The van der Waals surface area contributed by atoms with E-state index in [1.165, 1.54) is 5.82 Å². The second-order valence-electron chi connectivity index (χ2n) is 5.71. The highest BCUT2D eigenvalue weighted by atomic mass is 31.2. The van der Waals surface area contributed by atoms with Gasteiger partial charge in [0.1, 0.15) is 0 Å². The van der Waals surface area contributed by atoms with Crippen molar-refractivity contribution in [3.8, 4) is 0 Å². The van der Waals surface area contributed by atoms with Crippen molar-refractivity contribution in [3.05, 3.63) is 11.4 Å². The maximum absolute atomic E-state index is 12.5. The van der Waals surface area contributed by atoms with Crippen LogP contribution < -0.4 is 0 Å². The summed E-state index contributed by atoms with van der Waals surface area (Å²) < 4.78 is 23.0. The summed E-state index contributed by atoms with van der Waals surface area (Å²) in [6.07, 6.45) is 2.46. The normalized spacial score (nSPS) is 13.6. The Morgan fingerprint density at radius 3 is 1.95 bits per heavy atom. The average molecular weight is 304 g/mol. The Labute approximate surface area is 123 Å². The minimum absolute atomic E-state index is 0.00517. The van der Waals surface area contributed by atoms with Crippen molar-refractivity contribution in [1.82, 2.24) is 0 Å². The van der Waals surface area contributed by atoms with Crippen LogP contribution in [0.25, 0.3) is 0 Å². The Bertz CT molecular complexity index is 370. The summed E-state index contributed by atoms with van der Waals surface area (Å²) in [7, 11) is -3.32. The molecule has 0 fully saturated rings. The lowest BCUT2D eigenvalue weighted by Crippen LogP contribution is -2.22. The van der Waals surface area contributed by atoms with E-state index in [0.29, 0.717) is 25.2 Å². The summed E-state index contributed by atoms with van der Waals surface area (Å²) in [6.45, 7) is 11.7. The molecule has 0 spiro atoms. The fourth-order valence-electron chi connectivity index (χ4n) is 1.75. The molecule has 0 amide bonds. The van der Waals surface area contributed by atoms with Gasteiger partial charge in [-0.15, -0.1) is 0 Å². The summed E-state index contributed by atoms with van der Waals surface area (Å²) in [6, 6.07) is 0. The number of hydrogen-bond acceptors (Lipinski definition) is 4. The highest BCUT2D eigenvalue weighted by Crippen LogP contribution is 2.51. The summed E-state index contributed by atoms with van der Waals surface area (Å²) in [5.74, 6) is 1.44. The number of ketones is 1. The molecule has 20 heavy (non-hydrogen) atoms. The van der Waals surface area contributed by atoms with Crippen molar-refractivity contribution < 1.29 is 18.4 Å². The van der Waals surface area contributed by atoms with Crippen molar-refractivity contribution in [1.29, 1.82) is 0 Å². The topological polar surface area (TPSA) is 52.6 Å². The Morgan fingerprint density at radius 2 is 1.60 bits per heavy atom. The molecule has 0 saturated heterocycles. The van der Waals surface area contributed by atoms with Crippen molar-refractivity contribution >= 4 is 13.4 Å². The first-order valence-corrected chi connectivity index (χ1v) is 8.96. The van der Waals surface area contributed by atoms with E-state index >= 15 is 0 Å². The van der Waals surface area contributed by atoms with E-state index < -0.39 is 13.0 Å². The van der Waals surface area contributed by atoms with Gasteiger partial charge in [-0.3, -0.25) is 9.36 Å². The van der Waals surface area contributed by atoms with E-state index in [9.17, 15) is 9.36 Å². The van der Waals surface area contributed by atoms with Gasteiger partial charge in [0.25, 0.3) is 0 Å². The first kappa shape index (κ1) is 19.6. The SMILES string of the molecule is CCCC/C(=C\P(=O)(OCC)OCC)C(=O)C(C)(C)C. The third-order valence-corrected chi connectivity index (χ3v) is 4.57. The van der Waals surface area contributed by atoms with E-state index in [1.807, 2.05) is 20.8 Å². The molecule has 0 aliphatic carbocycles. The van der Waals surface area contributed by atoms with Crippen LogP contribution in [0.5, 0.6) is 0 Å². The molecule has 0 saturated carbocycles. The lowest BCUT2D eigenvalue weighted by atomic mass is 9.85. The van der Waals surface area contributed by atoms with Gasteiger partial charge in [0.2, 0.25) is 0 Å². The molecule has 0 N–H and O–H groups in total. The highest BCUT2D eigenvalue weighted by molar-refractivity contribution is 7.57. The molecule has 4 nitrogen and oxygen atoms in total.